The highest BCUT2D eigenvalue weighted by Gasteiger charge is 2.26. The van der Waals surface area contributed by atoms with Gasteiger partial charge in [0.05, 0.1) is 5.56 Å². The van der Waals surface area contributed by atoms with Gasteiger partial charge in [-0.1, -0.05) is 25.5 Å². The Morgan fingerprint density at radius 3 is 2.76 bits per heavy atom. The molecule has 2 rings (SSSR count). The van der Waals surface area contributed by atoms with Crippen molar-refractivity contribution >= 4 is 11.6 Å². The average Bonchev–Trinajstić information content (AvgIpc) is 2.64. The summed E-state index contributed by atoms with van der Waals surface area (Å²) in [7, 11) is 0. The molecule has 0 aromatic heterocycles. The summed E-state index contributed by atoms with van der Waals surface area (Å²) in [6, 6.07) is 5.88. The number of amides is 1. The Kier molecular flexibility index (Phi) is 3.36. The largest absolute Gasteiger partial charge is 0.398 e. The molecule has 0 aliphatic heterocycles. The first kappa shape index (κ1) is 12.0. The minimum atomic E-state index is -0.0284. The molecule has 1 aliphatic carbocycles. The molecule has 2 unspecified atom stereocenters. The molecular formula is C14H20N2O. The van der Waals surface area contributed by atoms with Crippen molar-refractivity contribution in [3.63, 3.8) is 0 Å². The van der Waals surface area contributed by atoms with Crippen molar-refractivity contribution in [2.24, 2.45) is 5.92 Å². The second kappa shape index (κ2) is 4.78. The zero-order valence-electron chi connectivity index (χ0n) is 10.5. The zero-order chi connectivity index (χ0) is 12.4. The van der Waals surface area contributed by atoms with Crippen LogP contribution in [-0.4, -0.2) is 11.9 Å². The predicted molar refractivity (Wildman–Crippen MR) is 69.9 cm³/mol. The first-order valence-electron chi connectivity index (χ1n) is 6.25. The molecule has 3 nitrogen and oxygen atoms in total. The fourth-order valence-corrected chi connectivity index (χ4v) is 2.60. The number of nitrogens with one attached hydrogen (secondary N) is 1. The first-order chi connectivity index (χ1) is 8.09. The molecule has 17 heavy (non-hydrogen) atoms. The van der Waals surface area contributed by atoms with Gasteiger partial charge in [-0.2, -0.15) is 0 Å². The van der Waals surface area contributed by atoms with Gasteiger partial charge in [-0.25, -0.2) is 0 Å². The normalized spacial score (nSPS) is 23.6. The second-order valence-corrected chi connectivity index (χ2v) is 5.03. The van der Waals surface area contributed by atoms with Gasteiger partial charge in [-0.05, 0) is 37.3 Å². The maximum atomic E-state index is 12.2. The van der Waals surface area contributed by atoms with E-state index < -0.39 is 0 Å². The van der Waals surface area contributed by atoms with E-state index in [-0.39, 0.29) is 5.91 Å². The van der Waals surface area contributed by atoms with Crippen LogP contribution in [0.5, 0.6) is 0 Å². The van der Waals surface area contributed by atoms with Gasteiger partial charge in [-0.3, -0.25) is 4.79 Å². The highest BCUT2D eigenvalue weighted by atomic mass is 16.1. The maximum Gasteiger partial charge on any atom is 0.253 e. The molecule has 1 aromatic carbocycles. The Morgan fingerprint density at radius 1 is 1.41 bits per heavy atom. The van der Waals surface area contributed by atoms with E-state index in [0.29, 0.717) is 23.2 Å². The monoisotopic (exact) mass is 232 g/mol. The maximum absolute atomic E-state index is 12.2. The van der Waals surface area contributed by atoms with Gasteiger partial charge in [0.2, 0.25) is 0 Å². The SMILES string of the molecule is Cc1cccc(N)c1C(=O)NC1CCCC1C. The van der Waals surface area contributed by atoms with Crippen molar-refractivity contribution < 1.29 is 4.79 Å². The van der Waals surface area contributed by atoms with Crippen LogP contribution in [0.25, 0.3) is 0 Å². The van der Waals surface area contributed by atoms with Crippen LogP contribution in [-0.2, 0) is 0 Å². The van der Waals surface area contributed by atoms with Crippen molar-refractivity contribution in [3.8, 4) is 0 Å². The molecule has 0 bridgehead atoms. The molecule has 3 heteroatoms. The molecule has 1 aliphatic rings. The van der Waals surface area contributed by atoms with Crippen molar-refractivity contribution in [2.75, 3.05) is 5.73 Å². The molecule has 2 atom stereocenters. The van der Waals surface area contributed by atoms with Crippen molar-refractivity contribution in [1.82, 2.24) is 5.32 Å². The summed E-state index contributed by atoms with van der Waals surface area (Å²) in [6.07, 6.45) is 3.49. The highest BCUT2D eigenvalue weighted by Crippen LogP contribution is 2.25. The fourth-order valence-electron chi connectivity index (χ4n) is 2.60. The molecule has 1 saturated carbocycles. The molecule has 92 valence electrons. The summed E-state index contributed by atoms with van der Waals surface area (Å²) in [4.78, 5) is 12.2. The topological polar surface area (TPSA) is 55.1 Å². The van der Waals surface area contributed by atoms with Crippen LogP contribution in [0.4, 0.5) is 5.69 Å². The molecule has 0 heterocycles. The number of hydrogen-bond acceptors (Lipinski definition) is 2. The minimum Gasteiger partial charge on any atom is -0.398 e. The van der Waals surface area contributed by atoms with E-state index >= 15 is 0 Å². The predicted octanol–water partition coefficient (Wildman–Crippen LogP) is 2.50. The lowest BCUT2D eigenvalue weighted by Gasteiger charge is -2.18. The van der Waals surface area contributed by atoms with Gasteiger partial charge in [0.1, 0.15) is 0 Å². The van der Waals surface area contributed by atoms with Crippen LogP contribution < -0.4 is 11.1 Å². The van der Waals surface area contributed by atoms with Gasteiger partial charge in [0.15, 0.2) is 0 Å². The van der Waals surface area contributed by atoms with E-state index in [0.717, 1.165) is 12.0 Å². The smallest absolute Gasteiger partial charge is 0.253 e. The van der Waals surface area contributed by atoms with Crippen LogP contribution in [0.2, 0.25) is 0 Å². The Bertz CT molecular complexity index is 408. The molecular weight excluding hydrogens is 212 g/mol. The lowest BCUT2D eigenvalue weighted by molar-refractivity contribution is 0.0930. The van der Waals surface area contributed by atoms with Crippen LogP contribution in [0, 0.1) is 12.8 Å². The summed E-state index contributed by atoms with van der Waals surface area (Å²) < 4.78 is 0. The Balaban J connectivity index is 2.14. The molecule has 1 amide bonds. The minimum absolute atomic E-state index is 0.0284. The van der Waals surface area contributed by atoms with Gasteiger partial charge >= 0.3 is 0 Å². The number of rotatable bonds is 2. The fraction of sp³-hybridized carbons (Fsp3) is 0.500. The number of hydrogen-bond donors (Lipinski definition) is 2. The Morgan fingerprint density at radius 2 is 2.18 bits per heavy atom. The summed E-state index contributed by atoms with van der Waals surface area (Å²) in [5.74, 6) is 0.545. The highest BCUT2D eigenvalue weighted by molar-refractivity contribution is 6.00. The summed E-state index contributed by atoms with van der Waals surface area (Å²) in [5, 5.41) is 3.11. The number of benzene rings is 1. The van der Waals surface area contributed by atoms with Crippen LogP contribution in [0.1, 0.15) is 42.1 Å². The Labute approximate surface area is 102 Å². The van der Waals surface area contributed by atoms with E-state index in [1.54, 1.807) is 6.07 Å². The molecule has 3 N–H and O–H groups in total. The van der Waals surface area contributed by atoms with E-state index in [4.69, 9.17) is 5.73 Å². The lowest BCUT2D eigenvalue weighted by Crippen LogP contribution is -2.37. The van der Waals surface area contributed by atoms with Gasteiger partial charge in [0.25, 0.3) is 5.91 Å². The van der Waals surface area contributed by atoms with Crippen LogP contribution in [0.15, 0.2) is 18.2 Å². The van der Waals surface area contributed by atoms with Crippen LogP contribution >= 0.6 is 0 Å². The third-order valence-corrected chi connectivity index (χ3v) is 3.71. The molecule has 0 spiro atoms. The summed E-state index contributed by atoms with van der Waals surface area (Å²) >= 11 is 0. The molecule has 1 aromatic rings. The van der Waals surface area contributed by atoms with Crippen molar-refractivity contribution in [3.05, 3.63) is 29.3 Å². The quantitative estimate of drug-likeness (QED) is 0.770. The van der Waals surface area contributed by atoms with E-state index in [1.165, 1.54) is 12.8 Å². The summed E-state index contributed by atoms with van der Waals surface area (Å²) in [6.45, 7) is 4.11. The third-order valence-electron chi connectivity index (χ3n) is 3.71. The Hall–Kier alpha value is -1.51. The van der Waals surface area contributed by atoms with E-state index in [1.807, 2.05) is 19.1 Å². The third kappa shape index (κ3) is 2.43. The molecule has 0 radical (unpaired) electrons. The zero-order valence-corrected chi connectivity index (χ0v) is 10.5. The summed E-state index contributed by atoms with van der Waals surface area (Å²) in [5.41, 5.74) is 8.00. The number of carbonyl (C=O) groups excluding carboxylic acids is 1. The lowest BCUT2D eigenvalue weighted by atomic mass is 10.0. The standard InChI is InChI=1S/C14H20N2O/c1-9-5-4-8-12(9)16-14(17)13-10(2)6-3-7-11(13)15/h3,6-7,9,12H,4-5,8,15H2,1-2H3,(H,16,17). The number of anilines is 1. The van der Waals surface area contributed by atoms with Gasteiger partial charge in [0, 0.05) is 11.7 Å². The van der Waals surface area contributed by atoms with Crippen molar-refractivity contribution in [1.29, 1.82) is 0 Å². The molecule has 1 fully saturated rings. The molecule has 0 saturated heterocycles. The van der Waals surface area contributed by atoms with Gasteiger partial charge < -0.3 is 11.1 Å². The number of nitrogen functional groups attached to an aromatic ring is 1. The van der Waals surface area contributed by atoms with Crippen LogP contribution in [0.3, 0.4) is 0 Å². The second-order valence-electron chi connectivity index (χ2n) is 5.03. The van der Waals surface area contributed by atoms with Gasteiger partial charge in [-0.15, -0.1) is 0 Å². The van der Waals surface area contributed by atoms with E-state index in [9.17, 15) is 4.79 Å². The number of nitrogens with two attached hydrogens (primary N) is 1. The first-order valence-corrected chi connectivity index (χ1v) is 6.25. The average molecular weight is 232 g/mol. The number of aryl methyl sites for hydroxylation is 1. The van der Waals surface area contributed by atoms with Crippen molar-refractivity contribution in [2.45, 2.75) is 39.2 Å². The number of carbonyl (C=O) groups is 1. The van der Waals surface area contributed by atoms with E-state index in [2.05, 4.69) is 12.2 Å².